The minimum atomic E-state index is -3.58. The van der Waals surface area contributed by atoms with Gasteiger partial charge in [0, 0.05) is 31.9 Å². The number of rotatable bonds is 9. The normalized spacial score (nSPS) is 11.4. The van der Waals surface area contributed by atoms with Crippen LogP contribution < -0.4 is 9.47 Å². The number of hydrogen-bond donors (Lipinski definition) is 0. The smallest absolute Gasteiger partial charge is 0.242 e. The lowest BCUT2D eigenvalue weighted by molar-refractivity contribution is 0.339. The molecule has 0 amide bonds. The highest BCUT2D eigenvalue weighted by Gasteiger charge is 2.20. The van der Waals surface area contributed by atoms with Gasteiger partial charge in [0.15, 0.2) is 0 Å². The number of hydrogen-bond acceptors (Lipinski definition) is 5. The molecule has 0 fully saturated rings. The fraction of sp³-hybridized carbons (Fsp3) is 0.227. The molecule has 3 rings (SSSR count). The van der Waals surface area contributed by atoms with Crippen LogP contribution in [-0.4, -0.2) is 37.9 Å². The molecule has 1 heterocycles. The summed E-state index contributed by atoms with van der Waals surface area (Å²) in [4.78, 5) is 4.45. The Hall–Kier alpha value is -2.90. The van der Waals surface area contributed by atoms with E-state index >= 15 is 0 Å². The van der Waals surface area contributed by atoms with Crippen LogP contribution in [0.2, 0.25) is 0 Å². The van der Waals surface area contributed by atoms with Crippen molar-refractivity contribution < 1.29 is 17.9 Å². The molecule has 0 aliphatic heterocycles. The Labute approximate surface area is 171 Å². The van der Waals surface area contributed by atoms with Crippen LogP contribution in [0.1, 0.15) is 12.6 Å². The number of benzene rings is 2. The van der Waals surface area contributed by atoms with E-state index in [0.29, 0.717) is 31.1 Å². The summed E-state index contributed by atoms with van der Waals surface area (Å²) in [5.41, 5.74) is 0.855. The minimum absolute atomic E-state index is 0.222. The first-order valence-corrected chi connectivity index (χ1v) is 10.8. The van der Waals surface area contributed by atoms with Gasteiger partial charge in [-0.1, -0.05) is 6.07 Å². The zero-order valence-corrected chi connectivity index (χ0v) is 17.3. The third kappa shape index (κ3) is 5.56. The molecule has 2 aromatic carbocycles. The molecule has 0 unspecified atom stereocenters. The Balaban J connectivity index is 1.63. The second-order valence-corrected chi connectivity index (χ2v) is 8.42. The lowest BCUT2D eigenvalue weighted by Gasteiger charge is -2.17. The predicted octanol–water partition coefficient (Wildman–Crippen LogP) is 4.14. The van der Waals surface area contributed by atoms with Gasteiger partial charge >= 0.3 is 0 Å². The first-order chi connectivity index (χ1) is 14.0. The van der Waals surface area contributed by atoms with Crippen LogP contribution in [0.15, 0.2) is 77.8 Å². The number of pyridine rings is 1. The molecule has 0 N–H and O–H groups in total. The van der Waals surface area contributed by atoms with Crippen LogP contribution in [0.3, 0.4) is 0 Å². The van der Waals surface area contributed by atoms with Crippen molar-refractivity contribution in [2.24, 2.45) is 0 Å². The Morgan fingerprint density at radius 2 is 1.52 bits per heavy atom. The van der Waals surface area contributed by atoms with E-state index in [1.165, 1.54) is 4.31 Å². The van der Waals surface area contributed by atoms with Gasteiger partial charge in [0.1, 0.15) is 17.2 Å². The molecule has 0 aliphatic rings. The highest BCUT2D eigenvalue weighted by molar-refractivity contribution is 7.89. The van der Waals surface area contributed by atoms with Gasteiger partial charge < -0.3 is 9.47 Å². The summed E-state index contributed by atoms with van der Waals surface area (Å²) in [7, 11) is -2.01. The second-order valence-electron chi connectivity index (χ2n) is 6.38. The summed E-state index contributed by atoms with van der Waals surface area (Å²) < 4.78 is 38.1. The summed E-state index contributed by atoms with van der Waals surface area (Å²) in [6.45, 7) is 2.88. The Kier molecular flexibility index (Phi) is 6.85. The van der Waals surface area contributed by atoms with E-state index in [2.05, 4.69) is 4.98 Å². The molecule has 152 valence electrons. The second kappa shape index (κ2) is 9.54. The van der Waals surface area contributed by atoms with Crippen molar-refractivity contribution in [3.05, 3.63) is 78.6 Å². The van der Waals surface area contributed by atoms with Crippen LogP contribution in [0, 0.1) is 0 Å². The summed E-state index contributed by atoms with van der Waals surface area (Å²) in [6, 6.07) is 19.3. The molecule has 29 heavy (non-hydrogen) atoms. The van der Waals surface area contributed by atoms with E-state index in [1.807, 2.05) is 37.3 Å². The van der Waals surface area contributed by atoms with Crippen molar-refractivity contribution in [2.75, 3.05) is 20.2 Å². The van der Waals surface area contributed by atoms with E-state index in [-0.39, 0.29) is 4.90 Å². The first-order valence-electron chi connectivity index (χ1n) is 9.36. The molecule has 3 aromatic rings. The number of ether oxygens (including phenoxy) is 2. The molecule has 7 heteroatoms. The molecule has 0 atom stereocenters. The number of likely N-dealkylation sites (N-methyl/N-ethyl adjacent to an activating group) is 1. The van der Waals surface area contributed by atoms with E-state index < -0.39 is 10.0 Å². The SMILES string of the molecule is CCOc1ccc(Oc2ccc(S(=O)(=O)N(C)CCc3ccccn3)cc2)cc1. The van der Waals surface area contributed by atoms with Gasteiger partial charge in [0.05, 0.1) is 11.5 Å². The largest absolute Gasteiger partial charge is 0.494 e. The molecule has 0 aliphatic carbocycles. The van der Waals surface area contributed by atoms with Crippen molar-refractivity contribution in [1.29, 1.82) is 0 Å². The fourth-order valence-corrected chi connectivity index (χ4v) is 3.88. The van der Waals surface area contributed by atoms with Crippen LogP contribution in [0.25, 0.3) is 0 Å². The average molecular weight is 413 g/mol. The number of sulfonamides is 1. The standard InChI is InChI=1S/C22H24N2O4S/c1-3-27-19-7-9-20(10-8-19)28-21-11-13-22(14-12-21)29(25,26)24(2)17-15-18-6-4-5-16-23-18/h4-14,16H,3,15,17H2,1-2H3. The van der Waals surface area contributed by atoms with E-state index in [4.69, 9.17) is 9.47 Å². The maximum atomic E-state index is 12.8. The van der Waals surface area contributed by atoms with Gasteiger partial charge in [0.25, 0.3) is 0 Å². The summed E-state index contributed by atoms with van der Waals surface area (Å²) in [6.07, 6.45) is 2.25. The van der Waals surface area contributed by atoms with Crippen molar-refractivity contribution in [1.82, 2.24) is 9.29 Å². The molecular weight excluding hydrogens is 388 g/mol. The number of nitrogens with zero attached hydrogens (tertiary/aromatic N) is 2. The molecule has 1 aromatic heterocycles. The van der Waals surface area contributed by atoms with Crippen LogP contribution >= 0.6 is 0 Å². The quantitative estimate of drug-likeness (QED) is 0.528. The van der Waals surface area contributed by atoms with Gasteiger partial charge in [-0.25, -0.2) is 12.7 Å². The van der Waals surface area contributed by atoms with Gasteiger partial charge in [-0.2, -0.15) is 0 Å². The Bertz CT molecular complexity index is 1000. The van der Waals surface area contributed by atoms with Crippen LogP contribution in [0.4, 0.5) is 0 Å². The van der Waals surface area contributed by atoms with Crippen molar-refractivity contribution in [2.45, 2.75) is 18.2 Å². The fourth-order valence-electron chi connectivity index (χ4n) is 2.70. The highest BCUT2D eigenvalue weighted by Crippen LogP contribution is 2.25. The lowest BCUT2D eigenvalue weighted by Crippen LogP contribution is -2.29. The van der Waals surface area contributed by atoms with E-state index in [0.717, 1.165) is 11.4 Å². The van der Waals surface area contributed by atoms with E-state index in [9.17, 15) is 8.42 Å². The molecular formula is C22H24N2O4S. The Morgan fingerprint density at radius 3 is 2.10 bits per heavy atom. The molecule has 6 nitrogen and oxygen atoms in total. The molecule has 0 spiro atoms. The van der Waals surface area contributed by atoms with Crippen LogP contribution in [0.5, 0.6) is 17.2 Å². The minimum Gasteiger partial charge on any atom is -0.494 e. The maximum Gasteiger partial charge on any atom is 0.242 e. The zero-order chi connectivity index (χ0) is 20.7. The summed E-state index contributed by atoms with van der Waals surface area (Å²) >= 11 is 0. The van der Waals surface area contributed by atoms with Gasteiger partial charge in [0.2, 0.25) is 10.0 Å². The zero-order valence-electron chi connectivity index (χ0n) is 16.5. The predicted molar refractivity (Wildman–Crippen MR) is 112 cm³/mol. The van der Waals surface area contributed by atoms with Crippen molar-refractivity contribution in [3.8, 4) is 17.2 Å². The number of aromatic nitrogens is 1. The molecule has 0 saturated heterocycles. The third-order valence-electron chi connectivity index (χ3n) is 4.31. The monoisotopic (exact) mass is 412 g/mol. The molecule has 0 saturated carbocycles. The highest BCUT2D eigenvalue weighted by atomic mass is 32.2. The van der Waals surface area contributed by atoms with Crippen molar-refractivity contribution in [3.63, 3.8) is 0 Å². The van der Waals surface area contributed by atoms with Gasteiger partial charge in [-0.15, -0.1) is 0 Å². The Morgan fingerprint density at radius 1 is 0.897 bits per heavy atom. The average Bonchev–Trinajstić information content (AvgIpc) is 2.75. The molecule has 0 bridgehead atoms. The maximum absolute atomic E-state index is 12.8. The summed E-state index contributed by atoms with van der Waals surface area (Å²) in [5, 5.41) is 0. The topological polar surface area (TPSA) is 68.7 Å². The first kappa shape index (κ1) is 20.8. The van der Waals surface area contributed by atoms with Crippen molar-refractivity contribution >= 4 is 10.0 Å². The van der Waals surface area contributed by atoms with Gasteiger partial charge in [-0.05, 0) is 67.6 Å². The summed E-state index contributed by atoms with van der Waals surface area (Å²) in [5.74, 6) is 1.98. The van der Waals surface area contributed by atoms with Gasteiger partial charge in [-0.3, -0.25) is 4.98 Å². The molecule has 0 radical (unpaired) electrons. The third-order valence-corrected chi connectivity index (χ3v) is 6.18. The van der Waals surface area contributed by atoms with E-state index in [1.54, 1.807) is 49.6 Å². The van der Waals surface area contributed by atoms with Crippen LogP contribution in [-0.2, 0) is 16.4 Å². The lowest BCUT2D eigenvalue weighted by atomic mass is 10.3.